The molecule has 1 aliphatic rings. The van der Waals surface area contributed by atoms with E-state index in [0.29, 0.717) is 15.0 Å². The number of para-hydroxylation sites is 1. The first-order chi connectivity index (χ1) is 12.6. The molecule has 1 saturated heterocycles. The number of anilines is 1. The number of amides is 1. The average Bonchev–Trinajstić information content (AvgIpc) is 3.22. The monoisotopic (exact) mass is 377 g/mol. The number of hydrogen-bond donors (Lipinski definition) is 0. The minimum Gasteiger partial charge on any atom is -0.457 e. The second kappa shape index (κ2) is 6.94. The molecule has 1 fully saturated rings. The van der Waals surface area contributed by atoms with Gasteiger partial charge in [-0.3, -0.25) is 9.69 Å². The lowest BCUT2D eigenvalue weighted by Gasteiger charge is -2.16. The first-order valence-electron chi connectivity index (χ1n) is 8.12. The Morgan fingerprint density at radius 1 is 1.00 bits per heavy atom. The third-order valence-electron chi connectivity index (χ3n) is 4.11. The number of benzene rings is 2. The van der Waals surface area contributed by atoms with Gasteiger partial charge in [0.05, 0.1) is 10.6 Å². The summed E-state index contributed by atoms with van der Waals surface area (Å²) in [6.45, 7) is 1.97. The number of carbonyl (C=O) groups excluding carboxylic acids is 1. The summed E-state index contributed by atoms with van der Waals surface area (Å²) in [6.07, 6.45) is 1.75. The van der Waals surface area contributed by atoms with Crippen molar-refractivity contribution in [2.24, 2.45) is 0 Å². The number of thioether (sulfide) groups is 1. The maximum Gasteiger partial charge on any atom is 0.270 e. The lowest BCUT2D eigenvalue weighted by atomic mass is 10.2. The summed E-state index contributed by atoms with van der Waals surface area (Å²) in [5, 5.41) is 0. The molecule has 0 saturated carbocycles. The Morgan fingerprint density at radius 3 is 2.50 bits per heavy atom. The highest BCUT2D eigenvalue weighted by Crippen LogP contribution is 2.37. The van der Waals surface area contributed by atoms with Crippen LogP contribution in [0.2, 0.25) is 0 Å². The van der Waals surface area contributed by atoms with E-state index in [1.807, 2.05) is 73.7 Å². The molecule has 1 amide bonds. The van der Waals surface area contributed by atoms with Crippen molar-refractivity contribution in [2.45, 2.75) is 6.92 Å². The molecule has 1 aromatic heterocycles. The fourth-order valence-electron chi connectivity index (χ4n) is 2.81. The third-order valence-corrected chi connectivity index (χ3v) is 5.41. The number of carbonyl (C=O) groups is 1. The highest BCUT2D eigenvalue weighted by molar-refractivity contribution is 8.27. The van der Waals surface area contributed by atoms with Gasteiger partial charge < -0.3 is 4.42 Å². The summed E-state index contributed by atoms with van der Waals surface area (Å²) >= 11 is 6.73. The summed E-state index contributed by atoms with van der Waals surface area (Å²) in [5.41, 5.74) is 2.83. The molecular formula is C21H15NO2S2. The van der Waals surface area contributed by atoms with Crippen LogP contribution in [0, 0.1) is 6.92 Å². The molecule has 0 unspecified atom stereocenters. The number of hydrogen-bond acceptors (Lipinski definition) is 4. The maximum absolute atomic E-state index is 12.9. The van der Waals surface area contributed by atoms with Crippen molar-refractivity contribution in [3.63, 3.8) is 0 Å². The van der Waals surface area contributed by atoms with Crippen LogP contribution < -0.4 is 4.90 Å². The summed E-state index contributed by atoms with van der Waals surface area (Å²) in [6, 6.07) is 21.4. The molecule has 2 aromatic carbocycles. The Kier molecular flexibility index (Phi) is 4.49. The van der Waals surface area contributed by atoms with E-state index in [-0.39, 0.29) is 5.91 Å². The number of thiocarbonyl (C=S) groups is 1. The van der Waals surface area contributed by atoms with E-state index in [1.54, 1.807) is 11.0 Å². The quantitative estimate of drug-likeness (QED) is 0.435. The van der Waals surface area contributed by atoms with Gasteiger partial charge in [-0.2, -0.15) is 0 Å². The molecule has 26 heavy (non-hydrogen) atoms. The second-order valence-electron chi connectivity index (χ2n) is 5.87. The molecule has 5 heteroatoms. The summed E-state index contributed by atoms with van der Waals surface area (Å²) in [7, 11) is 0. The van der Waals surface area contributed by atoms with Gasteiger partial charge >= 0.3 is 0 Å². The van der Waals surface area contributed by atoms with E-state index < -0.39 is 0 Å². The minimum atomic E-state index is -0.119. The molecule has 4 rings (SSSR count). The maximum atomic E-state index is 12.9. The van der Waals surface area contributed by atoms with Gasteiger partial charge in [-0.15, -0.1) is 0 Å². The Labute approximate surface area is 161 Å². The van der Waals surface area contributed by atoms with Crippen LogP contribution in [0.3, 0.4) is 0 Å². The molecule has 0 bridgehead atoms. The lowest BCUT2D eigenvalue weighted by molar-refractivity contribution is -0.113. The molecule has 0 N–H and O–H groups in total. The molecule has 0 radical (unpaired) electrons. The number of aryl methyl sites for hydroxylation is 1. The van der Waals surface area contributed by atoms with Gasteiger partial charge in [0.1, 0.15) is 11.5 Å². The van der Waals surface area contributed by atoms with Gasteiger partial charge in [-0.1, -0.05) is 72.5 Å². The van der Waals surface area contributed by atoms with Crippen LogP contribution >= 0.6 is 24.0 Å². The van der Waals surface area contributed by atoms with Gasteiger partial charge in [0, 0.05) is 11.6 Å². The highest BCUT2D eigenvalue weighted by atomic mass is 32.2. The zero-order chi connectivity index (χ0) is 18.1. The summed E-state index contributed by atoms with van der Waals surface area (Å²) < 4.78 is 6.41. The van der Waals surface area contributed by atoms with Crippen LogP contribution in [0.5, 0.6) is 0 Å². The van der Waals surface area contributed by atoms with Crippen molar-refractivity contribution in [1.82, 2.24) is 0 Å². The summed E-state index contributed by atoms with van der Waals surface area (Å²) in [4.78, 5) is 15.0. The normalized spacial score (nSPS) is 15.9. The van der Waals surface area contributed by atoms with Crippen LogP contribution in [0.1, 0.15) is 11.3 Å². The molecule has 2 heterocycles. The third kappa shape index (κ3) is 3.11. The van der Waals surface area contributed by atoms with E-state index >= 15 is 0 Å². The molecule has 0 aliphatic carbocycles. The first kappa shape index (κ1) is 16.8. The van der Waals surface area contributed by atoms with Crippen LogP contribution in [-0.2, 0) is 4.79 Å². The second-order valence-corrected chi connectivity index (χ2v) is 7.55. The van der Waals surface area contributed by atoms with Gasteiger partial charge in [-0.25, -0.2) is 0 Å². The average molecular weight is 377 g/mol. The fourth-order valence-corrected chi connectivity index (χ4v) is 4.07. The van der Waals surface area contributed by atoms with Crippen LogP contribution in [0.25, 0.3) is 17.4 Å². The van der Waals surface area contributed by atoms with E-state index in [0.717, 1.165) is 22.6 Å². The number of furan rings is 1. The molecule has 3 aromatic rings. The van der Waals surface area contributed by atoms with Gasteiger partial charge in [0.2, 0.25) is 0 Å². The largest absolute Gasteiger partial charge is 0.457 e. The zero-order valence-corrected chi connectivity index (χ0v) is 15.6. The molecule has 128 valence electrons. The molecular weight excluding hydrogens is 362 g/mol. The smallest absolute Gasteiger partial charge is 0.270 e. The zero-order valence-electron chi connectivity index (χ0n) is 14.0. The van der Waals surface area contributed by atoms with Crippen LogP contribution in [-0.4, -0.2) is 10.2 Å². The SMILES string of the molecule is Cc1ccccc1N1C(=O)/C(=C\c2ccc(-c3ccccc3)o2)SC1=S. The fraction of sp³-hybridized carbons (Fsp3) is 0.0476. The lowest BCUT2D eigenvalue weighted by Crippen LogP contribution is -2.28. The Morgan fingerprint density at radius 2 is 1.73 bits per heavy atom. The standard InChI is InChI=1S/C21H15NO2S2/c1-14-7-5-6-10-17(14)22-20(23)19(26-21(22)25)13-16-11-12-18(24-16)15-8-3-2-4-9-15/h2-13H,1H3/b19-13+. The summed E-state index contributed by atoms with van der Waals surface area (Å²) in [5.74, 6) is 1.28. The van der Waals surface area contributed by atoms with Crippen molar-refractivity contribution in [2.75, 3.05) is 4.90 Å². The van der Waals surface area contributed by atoms with Crippen LogP contribution in [0.4, 0.5) is 5.69 Å². The minimum absolute atomic E-state index is 0.119. The van der Waals surface area contributed by atoms with E-state index in [4.69, 9.17) is 16.6 Å². The Bertz CT molecular complexity index is 1020. The molecule has 0 spiro atoms. The number of nitrogens with zero attached hydrogens (tertiary/aromatic N) is 1. The van der Waals surface area contributed by atoms with E-state index in [9.17, 15) is 4.79 Å². The number of rotatable bonds is 3. The molecule has 0 atom stereocenters. The van der Waals surface area contributed by atoms with Gasteiger partial charge in [0.25, 0.3) is 5.91 Å². The Hall–Kier alpha value is -2.63. The van der Waals surface area contributed by atoms with Crippen molar-refractivity contribution in [3.8, 4) is 11.3 Å². The first-order valence-corrected chi connectivity index (χ1v) is 9.35. The Balaban J connectivity index is 1.63. The predicted octanol–water partition coefficient (Wildman–Crippen LogP) is 5.66. The van der Waals surface area contributed by atoms with E-state index in [2.05, 4.69) is 0 Å². The van der Waals surface area contributed by atoms with Gasteiger partial charge in [0.15, 0.2) is 4.32 Å². The van der Waals surface area contributed by atoms with Crippen molar-refractivity contribution in [3.05, 3.63) is 83.0 Å². The topological polar surface area (TPSA) is 33.5 Å². The highest BCUT2D eigenvalue weighted by Gasteiger charge is 2.34. The molecule has 1 aliphatic heterocycles. The van der Waals surface area contributed by atoms with Crippen molar-refractivity contribution in [1.29, 1.82) is 0 Å². The molecule has 3 nitrogen and oxygen atoms in total. The van der Waals surface area contributed by atoms with Crippen molar-refractivity contribution >= 4 is 46.0 Å². The predicted molar refractivity (Wildman–Crippen MR) is 111 cm³/mol. The van der Waals surface area contributed by atoms with Crippen LogP contribution in [0.15, 0.2) is 76.1 Å². The van der Waals surface area contributed by atoms with Gasteiger partial charge in [-0.05, 0) is 30.7 Å². The van der Waals surface area contributed by atoms with E-state index in [1.165, 1.54) is 11.8 Å². The van der Waals surface area contributed by atoms with Crippen molar-refractivity contribution < 1.29 is 9.21 Å².